The van der Waals surface area contributed by atoms with Gasteiger partial charge in [-0.05, 0) is 80.7 Å². The largest absolute Gasteiger partial charge is 0.309 e. The number of nitrogens with zero attached hydrogens (tertiary/aromatic N) is 2. The highest BCUT2D eigenvalue weighted by Crippen LogP contribution is 2.18. The maximum atomic E-state index is 12.2. The first-order valence-electron chi connectivity index (χ1n) is 7.20. The second-order valence-electron chi connectivity index (χ2n) is 5.91. The molecule has 1 aliphatic rings. The van der Waals surface area contributed by atoms with Crippen LogP contribution in [0.1, 0.15) is 23.2 Å². The van der Waals surface area contributed by atoms with Crippen molar-refractivity contribution in [3.05, 3.63) is 33.4 Å². The highest BCUT2D eigenvalue weighted by atomic mass is 127. The molecule has 0 amide bonds. The number of halogens is 1. The number of likely N-dealkylation sites (tertiary alicyclic amines) is 1. The molecule has 0 aromatic heterocycles. The first-order chi connectivity index (χ1) is 9.54. The van der Waals surface area contributed by atoms with Gasteiger partial charge in [0, 0.05) is 15.7 Å². The van der Waals surface area contributed by atoms with Gasteiger partial charge in [0.2, 0.25) is 0 Å². The van der Waals surface area contributed by atoms with Gasteiger partial charge in [-0.2, -0.15) is 0 Å². The van der Waals surface area contributed by atoms with Gasteiger partial charge in [0.25, 0.3) is 0 Å². The van der Waals surface area contributed by atoms with Crippen LogP contribution < -0.4 is 0 Å². The Hall–Kier alpha value is -0.460. The highest BCUT2D eigenvalue weighted by Gasteiger charge is 2.21. The molecule has 4 heteroatoms. The SMILES string of the molecule is CN(C)CC1CCN(CC(=O)c2ccc(I)cc2)CC1. The normalized spacial score (nSPS) is 17.6. The Morgan fingerprint density at radius 1 is 1.25 bits per heavy atom. The Morgan fingerprint density at radius 2 is 1.85 bits per heavy atom. The van der Waals surface area contributed by atoms with Crippen LogP contribution in [0.2, 0.25) is 0 Å². The first kappa shape index (κ1) is 15.9. The summed E-state index contributed by atoms with van der Waals surface area (Å²) in [6, 6.07) is 7.86. The third-order valence-corrected chi connectivity index (χ3v) is 4.58. The quantitative estimate of drug-likeness (QED) is 0.575. The number of benzene rings is 1. The summed E-state index contributed by atoms with van der Waals surface area (Å²) < 4.78 is 1.17. The second kappa shape index (κ2) is 7.52. The fourth-order valence-corrected chi connectivity index (χ4v) is 3.13. The Bertz CT molecular complexity index is 436. The summed E-state index contributed by atoms with van der Waals surface area (Å²) in [4.78, 5) is 16.8. The average Bonchev–Trinajstić information content (AvgIpc) is 2.41. The number of hydrogen-bond donors (Lipinski definition) is 0. The van der Waals surface area contributed by atoms with E-state index in [0.717, 1.165) is 24.6 Å². The summed E-state index contributed by atoms with van der Waals surface area (Å²) in [5, 5.41) is 0. The molecular formula is C16H23IN2O. The molecule has 1 aromatic carbocycles. The number of carbonyl (C=O) groups excluding carboxylic acids is 1. The summed E-state index contributed by atoms with van der Waals surface area (Å²) in [7, 11) is 4.26. The molecule has 0 bridgehead atoms. The number of rotatable bonds is 5. The van der Waals surface area contributed by atoms with Crippen molar-refractivity contribution in [1.82, 2.24) is 9.80 Å². The smallest absolute Gasteiger partial charge is 0.176 e. The van der Waals surface area contributed by atoms with Gasteiger partial charge < -0.3 is 4.90 Å². The standard InChI is InChI=1S/C16H23IN2O/c1-18(2)11-13-7-9-19(10-8-13)12-16(20)14-3-5-15(17)6-4-14/h3-6,13H,7-12H2,1-2H3. The van der Waals surface area contributed by atoms with E-state index in [1.165, 1.54) is 23.0 Å². The van der Waals surface area contributed by atoms with Gasteiger partial charge in [0.05, 0.1) is 6.54 Å². The topological polar surface area (TPSA) is 23.6 Å². The monoisotopic (exact) mass is 386 g/mol. The number of Topliss-reactive ketones (excluding diaryl/α,β-unsaturated/α-hetero) is 1. The van der Waals surface area contributed by atoms with Crippen LogP contribution in [-0.4, -0.2) is 55.9 Å². The van der Waals surface area contributed by atoms with Gasteiger partial charge in [-0.25, -0.2) is 0 Å². The maximum Gasteiger partial charge on any atom is 0.176 e. The molecule has 1 saturated heterocycles. The summed E-state index contributed by atoms with van der Waals surface area (Å²) in [5.74, 6) is 1.03. The molecule has 3 nitrogen and oxygen atoms in total. The lowest BCUT2D eigenvalue weighted by Crippen LogP contribution is -2.39. The fourth-order valence-electron chi connectivity index (χ4n) is 2.77. The van der Waals surface area contributed by atoms with Crippen LogP contribution in [0.3, 0.4) is 0 Å². The molecule has 0 saturated carbocycles. The van der Waals surface area contributed by atoms with Crippen molar-refractivity contribution in [2.45, 2.75) is 12.8 Å². The molecule has 0 radical (unpaired) electrons. The zero-order chi connectivity index (χ0) is 14.5. The predicted molar refractivity (Wildman–Crippen MR) is 91.2 cm³/mol. The molecule has 20 heavy (non-hydrogen) atoms. The van der Waals surface area contributed by atoms with E-state index in [0.29, 0.717) is 6.54 Å². The summed E-state index contributed by atoms with van der Waals surface area (Å²) in [6.07, 6.45) is 2.41. The molecule has 0 atom stereocenters. The molecule has 1 fully saturated rings. The van der Waals surface area contributed by atoms with E-state index < -0.39 is 0 Å². The van der Waals surface area contributed by atoms with Crippen LogP contribution in [0.5, 0.6) is 0 Å². The van der Waals surface area contributed by atoms with Crippen molar-refractivity contribution >= 4 is 28.4 Å². The Labute approximate surface area is 135 Å². The maximum absolute atomic E-state index is 12.2. The summed E-state index contributed by atoms with van der Waals surface area (Å²) in [5.41, 5.74) is 0.834. The third kappa shape index (κ3) is 4.82. The van der Waals surface area contributed by atoms with Gasteiger partial charge >= 0.3 is 0 Å². The van der Waals surface area contributed by atoms with E-state index in [1.54, 1.807) is 0 Å². The van der Waals surface area contributed by atoms with E-state index in [1.807, 2.05) is 24.3 Å². The van der Waals surface area contributed by atoms with Crippen molar-refractivity contribution in [2.24, 2.45) is 5.92 Å². The van der Waals surface area contributed by atoms with E-state index in [9.17, 15) is 4.79 Å². The fraction of sp³-hybridized carbons (Fsp3) is 0.562. The van der Waals surface area contributed by atoms with E-state index >= 15 is 0 Å². The lowest BCUT2D eigenvalue weighted by atomic mass is 9.96. The number of carbonyl (C=O) groups is 1. The molecular weight excluding hydrogens is 363 g/mol. The molecule has 1 aliphatic heterocycles. The van der Waals surface area contributed by atoms with Crippen LogP contribution in [0.15, 0.2) is 24.3 Å². The molecule has 1 aromatic rings. The van der Waals surface area contributed by atoms with Crippen LogP contribution in [0, 0.1) is 9.49 Å². The Kier molecular flexibility index (Phi) is 5.99. The van der Waals surface area contributed by atoms with Gasteiger partial charge in [-0.1, -0.05) is 12.1 Å². The van der Waals surface area contributed by atoms with Crippen LogP contribution >= 0.6 is 22.6 Å². The first-order valence-corrected chi connectivity index (χ1v) is 8.28. The Balaban J connectivity index is 1.80. The zero-order valence-corrected chi connectivity index (χ0v) is 14.5. The van der Waals surface area contributed by atoms with Crippen molar-refractivity contribution in [3.8, 4) is 0 Å². The predicted octanol–water partition coefficient (Wildman–Crippen LogP) is 2.75. The summed E-state index contributed by atoms with van der Waals surface area (Å²) >= 11 is 2.26. The molecule has 1 heterocycles. The lowest BCUT2D eigenvalue weighted by molar-refractivity contribution is 0.0886. The molecule has 110 valence electrons. The summed E-state index contributed by atoms with van der Waals surface area (Å²) in [6.45, 7) is 3.83. The van der Waals surface area contributed by atoms with Gasteiger partial charge in [0.15, 0.2) is 5.78 Å². The van der Waals surface area contributed by atoms with E-state index in [-0.39, 0.29) is 5.78 Å². The van der Waals surface area contributed by atoms with Gasteiger partial charge in [-0.15, -0.1) is 0 Å². The molecule has 0 N–H and O–H groups in total. The highest BCUT2D eigenvalue weighted by molar-refractivity contribution is 14.1. The molecule has 0 aliphatic carbocycles. The minimum Gasteiger partial charge on any atom is -0.309 e. The molecule has 0 unspecified atom stereocenters. The van der Waals surface area contributed by atoms with Crippen molar-refractivity contribution < 1.29 is 4.79 Å². The van der Waals surface area contributed by atoms with Gasteiger partial charge in [0.1, 0.15) is 0 Å². The van der Waals surface area contributed by atoms with Gasteiger partial charge in [-0.3, -0.25) is 9.69 Å². The molecule has 2 rings (SSSR count). The van der Waals surface area contributed by atoms with Crippen LogP contribution in [0.4, 0.5) is 0 Å². The zero-order valence-electron chi connectivity index (χ0n) is 12.3. The van der Waals surface area contributed by atoms with Crippen LogP contribution in [-0.2, 0) is 0 Å². The average molecular weight is 386 g/mol. The van der Waals surface area contributed by atoms with E-state index in [4.69, 9.17) is 0 Å². The number of hydrogen-bond acceptors (Lipinski definition) is 3. The second-order valence-corrected chi connectivity index (χ2v) is 7.16. The Morgan fingerprint density at radius 3 is 2.40 bits per heavy atom. The minimum atomic E-state index is 0.243. The third-order valence-electron chi connectivity index (χ3n) is 3.86. The number of ketones is 1. The van der Waals surface area contributed by atoms with E-state index in [2.05, 4.69) is 46.5 Å². The number of piperidine rings is 1. The van der Waals surface area contributed by atoms with Crippen molar-refractivity contribution in [3.63, 3.8) is 0 Å². The van der Waals surface area contributed by atoms with Crippen LogP contribution in [0.25, 0.3) is 0 Å². The van der Waals surface area contributed by atoms with Crippen molar-refractivity contribution in [1.29, 1.82) is 0 Å². The van der Waals surface area contributed by atoms with Crippen molar-refractivity contribution in [2.75, 3.05) is 40.3 Å². The molecule has 0 spiro atoms. The lowest BCUT2D eigenvalue weighted by Gasteiger charge is -2.32. The minimum absolute atomic E-state index is 0.243.